The molecule has 6 heteroatoms. The van der Waals surface area contributed by atoms with Crippen LogP contribution < -0.4 is 0 Å². The lowest BCUT2D eigenvalue weighted by molar-refractivity contribution is 0.0688. The molecule has 1 heterocycles. The van der Waals surface area contributed by atoms with Gasteiger partial charge in [0.2, 0.25) is 0 Å². The van der Waals surface area contributed by atoms with Gasteiger partial charge in [-0.3, -0.25) is 4.90 Å². The fraction of sp³-hybridized carbons (Fsp3) is 0.286. The smallest absolute Gasteiger partial charge is 0.356 e. The average molecular weight is 294 g/mol. The van der Waals surface area contributed by atoms with Crippen LogP contribution in [0.1, 0.15) is 21.7 Å². The highest BCUT2D eigenvalue weighted by atomic mass is 35.5. The molecule has 0 radical (unpaired) electrons. The molecule has 2 N–H and O–H groups in total. The first-order chi connectivity index (χ1) is 9.70. The van der Waals surface area contributed by atoms with Crippen molar-refractivity contribution in [2.45, 2.75) is 13.1 Å². The average Bonchev–Trinajstić information content (AvgIpc) is 2.88. The van der Waals surface area contributed by atoms with Crippen LogP contribution in [0.25, 0.3) is 0 Å². The van der Waals surface area contributed by atoms with Crippen molar-refractivity contribution < 1.29 is 9.90 Å². The second kappa shape index (κ2) is 7.07. The number of carbonyl (C=O) groups is 1. The predicted molar refractivity (Wildman–Crippen MR) is 76.8 cm³/mol. The quantitative estimate of drug-likeness (QED) is 0.769. The molecule has 0 amide bonds. The molecule has 0 saturated carbocycles. The summed E-state index contributed by atoms with van der Waals surface area (Å²) in [7, 11) is 0. The fourth-order valence-corrected chi connectivity index (χ4v) is 2.26. The highest BCUT2D eigenvalue weighted by molar-refractivity contribution is 6.18. The number of carboxylic acids is 1. The van der Waals surface area contributed by atoms with Gasteiger partial charge in [-0.1, -0.05) is 30.3 Å². The lowest BCUT2D eigenvalue weighted by Crippen LogP contribution is -2.26. The Hall–Kier alpha value is -1.85. The summed E-state index contributed by atoms with van der Waals surface area (Å²) in [5.74, 6) is -0.532. The Morgan fingerprint density at radius 1 is 1.30 bits per heavy atom. The Bertz CT molecular complexity index is 557. The van der Waals surface area contributed by atoms with Crippen LogP contribution in [0.4, 0.5) is 0 Å². The zero-order valence-electron chi connectivity index (χ0n) is 10.9. The summed E-state index contributed by atoms with van der Waals surface area (Å²) >= 11 is 5.82. The Labute approximate surface area is 122 Å². The van der Waals surface area contributed by atoms with Crippen LogP contribution in [0, 0.1) is 0 Å². The number of hydrogen-bond donors (Lipinski definition) is 2. The molecule has 2 aromatic rings. The third-order valence-electron chi connectivity index (χ3n) is 2.95. The number of benzene rings is 1. The number of nitrogens with one attached hydrogen (secondary N) is 1. The van der Waals surface area contributed by atoms with Gasteiger partial charge in [-0.25, -0.2) is 9.78 Å². The van der Waals surface area contributed by atoms with Gasteiger partial charge in [0.25, 0.3) is 0 Å². The number of rotatable bonds is 7. The summed E-state index contributed by atoms with van der Waals surface area (Å²) < 4.78 is 0. The zero-order valence-corrected chi connectivity index (χ0v) is 11.7. The maximum Gasteiger partial charge on any atom is 0.356 e. The summed E-state index contributed by atoms with van der Waals surface area (Å²) in [4.78, 5) is 19.8. The van der Waals surface area contributed by atoms with Crippen molar-refractivity contribution in [2.75, 3.05) is 12.4 Å². The van der Waals surface area contributed by atoms with E-state index in [0.29, 0.717) is 31.2 Å². The Morgan fingerprint density at radius 3 is 2.70 bits per heavy atom. The SMILES string of the molecule is O=C(O)c1nc[nH]c1CN(CCCl)Cc1ccccc1. The molecule has 2 rings (SSSR count). The normalized spacial score (nSPS) is 10.9. The first-order valence-corrected chi connectivity index (χ1v) is 6.82. The number of halogens is 1. The van der Waals surface area contributed by atoms with E-state index in [1.54, 1.807) is 0 Å². The molecule has 1 aromatic heterocycles. The summed E-state index contributed by atoms with van der Waals surface area (Å²) in [6, 6.07) is 9.99. The van der Waals surface area contributed by atoms with E-state index in [1.165, 1.54) is 6.33 Å². The zero-order chi connectivity index (χ0) is 14.4. The van der Waals surface area contributed by atoms with Crippen LogP contribution in [0.3, 0.4) is 0 Å². The maximum absolute atomic E-state index is 11.1. The molecule has 0 aliphatic heterocycles. The maximum atomic E-state index is 11.1. The van der Waals surface area contributed by atoms with Crippen LogP contribution in [-0.4, -0.2) is 38.4 Å². The molecule has 20 heavy (non-hydrogen) atoms. The third-order valence-corrected chi connectivity index (χ3v) is 3.12. The lowest BCUT2D eigenvalue weighted by atomic mass is 10.2. The molecular formula is C14H16ClN3O2. The van der Waals surface area contributed by atoms with Gasteiger partial charge in [-0.2, -0.15) is 0 Å². The second-order valence-electron chi connectivity index (χ2n) is 4.42. The van der Waals surface area contributed by atoms with Crippen LogP contribution in [0.15, 0.2) is 36.7 Å². The fourth-order valence-electron chi connectivity index (χ4n) is 2.02. The van der Waals surface area contributed by atoms with Gasteiger partial charge in [0.1, 0.15) is 0 Å². The predicted octanol–water partition coefficient (Wildman–Crippen LogP) is 2.35. The van der Waals surface area contributed by atoms with E-state index in [-0.39, 0.29) is 5.69 Å². The van der Waals surface area contributed by atoms with E-state index in [9.17, 15) is 4.79 Å². The van der Waals surface area contributed by atoms with Gasteiger partial charge in [0, 0.05) is 25.5 Å². The van der Waals surface area contributed by atoms with E-state index < -0.39 is 5.97 Å². The first kappa shape index (κ1) is 14.6. The molecule has 1 aromatic carbocycles. The van der Waals surface area contributed by atoms with E-state index in [0.717, 1.165) is 5.56 Å². The molecule has 0 unspecified atom stereocenters. The van der Waals surface area contributed by atoms with E-state index in [4.69, 9.17) is 16.7 Å². The summed E-state index contributed by atoms with van der Waals surface area (Å²) in [6.45, 7) is 1.86. The van der Waals surface area contributed by atoms with Crippen molar-refractivity contribution in [3.05, 3.63) is 53.6 Å². The molecule has 0 saturated heterocycles. The van der Waals surface area contributed by atoms with Crippen LogP contribution in [-0.2, 0) is 13.1 Å². The standard InChI is InChI=1S/C14H16ClN3O2/c15-6-7-18(8-11-4-2-1-3-5-11)9-12-13(14(19)20)17-10-16-12/h1-5,10H,6-9H2,(H,16,17)(H,19,20). The lowest BCUT2D eigenvalue weighted by Gasteiger charge is -2.20. The van der Waals surface area contributed by atoms with Gasteiger partial charge in [0.05, 0.1) is 12.0 Å². The minimum Gasteiger partial charge on any atom is -0.476 e. The first-order valence-electron chi connectivity index (χ1n) is 6.28. The molecule has 0 fully saturated rings. The van der Waals surface area contributed by atoms with Gasteiger partial charge in [0.15, 0.2) is 5.69 Å². The van der Waals surface area contributed by atoms with Crippen LogP contribution in [0.2, 0.25) is 0 Å². The molecule has 0 atom stereocenters. The van der Waals surface area contributed by atoms with Crippen molar-refractivity contribution in [2.24, 2.45) is 0 Å². The number of aromatic amines is 1. The van der Waals surface area contributed by atoms with E-state index in [2.05, 4.69) is 14.9 Å². The number of carboxylic acid groups (broad SMARTS) is 1. The van der Waals surface area contributed by atoms with Gasteiger partial charge in [-0.15, -0.1) is 11.6 Å². The van der Waals surface area contributed by atoms with Gasteiger partial charge < -0.3 is 10.1 Å². The number of aromatic nitrogens is 2. The van der Waals surface area contributed by atoms with E-state index >= 15 is 0 Å². The molecule has 5 nitrogen and oxygen atoms in total. The largest absolute Gasteiger partial charge is 0.476 e. The van der Waals surface area contributed by atoms with Crippen LogP contribution in [0.5, 0.6) is 0 Å². The Balaban J connectivity index is 2.09. The summed E-state index contributed by atoms with van der Waals surface area (Å²) in [5.41, 5.74) is 1.82. The molecular weight excluding hydrogens is 278 g/mol. The van der Waals surface area contributed by atoms with E-state index in [1.807, 2.05) is 30.3 Å². The van der Waals surface area contributed by atoms with Crippen LogP contribution >= 0.6 is 11.6 Å². The molecule has 106 valence electrons. The highest BCUT2D eigenvalue weighted by Crippen LogP contribution is 2.11. The number of aromatic carboxylic acids is 1. The summed E-state index contributed by atoms with van der Waals surface area (Å²) in [5, 5.41) is 9.06. The number of alkyl halides is 1. The number of hydrogen-bond acceptors (Lipinski definition) is 3. The van der Waals surface area contributed by atoms with Crippen molar-refractivity contribution >= 4 is 17.6 Å². The summed E-state index contributed by atoms with van der Waals surface area (Å²) in [6.07, 6.45) is 1.40. The highest BCUT2D eigenvalue weighted by Gasteiger charge is 2.16. The second-order valence-corrected chi connectivity index (χ2v) is 4.80. The Kier molecular flexibility index (Phi) is 5.15. The third kappa shape index (κ3) is 3.82. The van der Waals surface area contributed by atoms with Crippen molar-refractivity contribution in [3.63, 3.8) is 0 Å². The molecule has 0 aliphatic carbocycles. The Morgan fingerprint density at radius 2 is 2.05 bits per heavy atom. The van der Waals surface area contributed by atoms with Crippen molar-refractivity contribution in [1.82, 2.24) is 14.9 Å². The van der Waals surface area contributed by atoms with Gasteiger partial charge >= 0.3 is 5.97 Å². The number of imidazole rings is 1. The minimum absolute atomic E-state index is 0.0673. The number of nitrogens with zero attached hydrogens (tertiary/aromatic N) is 2. The number of H-pyrrole nitrogens is 1. The molecule has 0 bridgehead atoms. The molecule has 0 spiro atoms. The van der Waals surface area contributed by atoms with Crippen molar-refractivity contribution in [1.29, 1.82) is 0 Å². The molecule has 0 aliphatic rings. The van der Waals surface area contributed by atoms with Crippen molar-refractivity contribution in [3.8, 4) is 0 Å². The monoisotopic (exact) mass is 293 g/mol. The minimum atomic E-state index is -1.02. The topological polar surface area (TPSA) is 69.2 Å². The van der Waals surface area contributed by atoms with Gasteiger partial charge in [-0.05, 0) is 5.56 Å².